The normalized spacial score (nSPS) is 11.0. The van der Waals surface area contributed by atoms with Gasteiger partial charge in [-0.15, -0.1) is 0 Å². The minimum Gasteiger partial charge on any atom is -0.347 e. The number of benzene rings is 1. The zero-order valence-electron chi connectivity index (χ0n) is 10.7. The number of hydrogen-bond acceptors (Lipinski definition) is 1. The van der Waals surface area contributed by atoms with Crippen LogP contribution in [0.2, 0.25) is 0 Å². The highest BCUT2D eigenvalue weighted by Crippen LogP contribution is 2.24. The molecule has 0 aliphatic carbocycles. The van der Waals surface area contributed by atoms with Crippen molar-refractivity contribution in [3.05, 3.63) is 34.4 Å². The number of hydrogen-bond donors (Lipinski definition) is 0. The van der Waals surface area contributed by atoms with Gasteiger partial charge in [-0.2, -0.15) is 0 Å². The molecule has 0 unspecified atom stereocenters. The molecule has 0 fully saturated rings. The molecule has 0 aliphatic heterocycles. The lowest BCUT2D eigenvalue weighted by Gasteiger charge is -2.04. The maximum absolute atomic E-state index is 11.1. The fraction of sp³-hybridized carbons (Fsp3) is 0.400. The quantitative estimate of drug-likeness (QED) is 0.555. The summed E-state index contributed by atoms with van der Waals surface area (Å²) in [5.74, 6) is 0. The van der Waals surface area contributed by atoms with Gasteiger partial charge >= 0.3 is 0 Å². The first-order valence-corrected chi connectivity index (χ1v) is 7.29. The molecule has 0 N–H and O–H groups in total. The van der Waals surface area contributed by atoms with Crippen molar-refractivity contribution in [3.63, 3.8) is 0 Å². The second kappa shape index (κ2) is 6.19. The Labute approximate surface area is 116 Å². The van der Waals surface area contributed by atoms with E-state index in [4.69, 9.17) is 0 Å². The van der Waals surface area contributed by atoms with Gasteiger partial charge in [-0.05, 0) is 24.6 Å². The van der Waals surface area contributed by atoms with Crippen LogP contribution < -0.4 is 0 Å². The third kappa shape index (κ3) is 2.83. The zero-order valence-corrected chi connectivity index (χ0v) is 12.2. The van der Waals surface area contributed by atoms with Gasteiger partial charge in [0.15, 0.2) is 6.29 Å². The second-order valence-corrected chi connectivity index (χ2v) is 5.53. The highest BCUT2D eigenvalue weighted by Gasteiger charge is 2.07. The maximum atomic E-state index is 11.1. The van der Waals surface area contributed by atoms with Crippen LogP contribution >= 0.6 is 15.9 Å². The Hall–Kier alpha value is -1.09. The smallest absolute Gasteiger partial charge is 0.152 e. The predicted octanol–water partition coefficient (Wildman–Crippen LogP) is 4.80. The molecule has 0 amide bonds. The van der Waals surface area contributed by atoms with E-state index in [-0.39, 0.29) is 0 Å². The minimum atomic E-state index is 0.779. The van der Waals surface area contributed by atoms with Crippen molar-refractivity contribution < 1.29 is 4.79 Å². The molecule has 18 heavy (non-hydrogen) atoms. The van der Waals surface area contributed by atoms with Gasteiger partial charge in [0.05, 0.1) is 0 Å². The standard InChI is InChI=1S/C15H18BrNO/c1-2-3-4-5-8-17-10-12(11-18)14-9-13(16)6-7-15(14)17/h6-7,9-11H,2-5,8H2,1H3. The van der Waals surface area contributed by atoms with Crippen LogP contribution in [0.4, 0.5) is 0 Å². The summed E-state index contributed by atoms with van der Waals surface area (Å²) >= 11 is 3.45. The van der Waals surface area contributed by atoms with Crippen LogP contribution in [-0.4, -0.2) is 10.9 Å². The zero-order chi connectivity index (χ0) is 13.0. The lowest BCUT2D eigenvalue weighted by Crippen LogP contribution is -1.95. The first-order chi connectivity index (χ1) is 8.76. The summed E-state index contributed by atoms with van der Waals surface area (Å²) in [6.45, 7) is 3.21. The Bertz CT molecular complexity index is 545. The van der Waals surface area contributed by atoms with Crippen molar-refractivity contribution in [1.82, 2.24) is 4.57 Å². The molecule has 0 atom stereocenters. The molecule has 2 nitrogen and oxygen atoms in total. The molecule has 0 radical (unpaired) electrons. The number of nitrogens with zero attached hydrogens (tertiary/aromatic N) is 1. The van der Waals surface area contributed by atoms with E-state index in [2.05, 4.69) is 33.5 Å². The number of carbonyl (C=O) groups excluding carboxylic acids is 1. The van der Waals surface area contributed by atoms with E-state index >= 15 is 0 Å². The topological polar surface area (TPSA) is 22.0 Å². The summed E-state index contributed by atoms with van der Waals surface area (Å²) < 4.78 is 3.21. The number of carbonyl (C=O) groups is 1. The van der Waals surface area contributed by atoms with E-state index in [0.717, 1.165) is 33.8 Å². The fourth-order valence-corrected chi connectivity index (χ4v) is 2.65. The molecule has 0 bridgehead atoms. The number of fused-ring (bicyclic) bond motifs is 1. The molecule has 3 heteroatoms. The molecule has 2 rings (SSSR count). The lowest BCUT2D eigenvalue weighted by atomic mass is 10.2. The van der Waals surface area contributed by atoms with E-state index in [0.29, 0.717) is 0 Å². The van der Waals surface area contributed by atoms with Crippen LogP contribution in [0.3, 0.4) is 0 Å². The van der Waals surface area contributed by atoms with Crippen molar-refractivity contribution in [1.29, 1.82) is 0 Å². The van der Waals surface area contributed by atoms with E-state index in [1.165, 1.54) is 25.7 Å². The third-order valence-electron chi connectivity index (χ3n) is 3.25. The van der Waals surface area contributed by atoms with Crippen molar-refractivity contribution in [3.8, 4) is 0 Å². The molecule has 1 aromatic heterocycles. The van der Waals surface area contributed by atoms with E-state index in [9.17, 15) is 4.79 Å². The maximum Gasteiger partial charge on any atom is 0.152 e. The number of aromatic nitrogens is 1. The summed E-state index contributed by atoms with van der Waals surface area (Å²) in [4.78, 5) is 11.1. The van der Waals surface area contributed by atoms with Gasteiger partial charge in [0, 0.05) is 33.7 Å². The second-order valence-electron chi connectivity index (χ2n) is 4.62. The van der Waals surface area contributed by atoms with Crippen LogP contribution in [-0.2, 0) is 6.54 Å². The molecule has 1 heterocycles. The van der Waals surface area contributed by atoms with Gasteiger partial charge in [0.25, 0.3) is 0 Å². The van der Waals surface area contributed by atoms with Gasteiger partial charge in [0.1, 0.15) is 0 Å². The van der Waals surface area contributed by atoms with Crippen LogP contribution in [0.1, 0.15) is 43.0 Å². The van der Waals surface area contributed by atoms with Crippen LogP contribution in [0, 0.1) is 0 Å². The predicted molar refractivity (Wildman–Crippen MR) is 79.2 cm³/mol. The van der Waals surface area contributed by atoms with E-state index < -0.39 is 0 Å². The first kappa shape index (κ1) is 13.3. The number of halogens is 1. The minimum absolute atomic E-state index is 0.779. The molecule has 0 spiro atoms. The highest BCUT2D eigenvalue weighted by atomic mass is 79.9. The summed E-state index contributed by atoms with van der Waals surface area (Å²) in [6, 6.07) is 6.12. The van der Waals surface area contributed by atoms with Gasteiger partial charge in [-0.25, -0.2) is 0 Å². The average Bonchev–Trinajstić information content (AvgIpc) is 2.72. The van der Waals surface area contributed by atoms with Crippen molar-refractivity contribution in [2.24, 2.45) is 0 Å². The Morgan fingerprint density at radius 2 is 2.11 bits per heavy atom. The molecule has 1 aromatic carbocycles. The number of rotatable bonds is 6. The largest absolute Gasteiger partial charge is 0.347 e. The Morgan fingerprint density at radius 3 is 2.83 bits per heavy atom. The van der Waals surface area contributed by atoms with Gasteiger partial charge < -0.3 is 4.57 Å². The lowest BCUT2D eigenvalue weighted by molar-refractivity contribution is 0.112. The monoisotopic (exact) mass is 307 g/mol. The summed E-state index contributed by atoms with van der Waals surface area (Å²) in [5.41, 5.74) is 1.93. The van der Waals surface area contributed by atoms with E-state index in [1.807, 2.05) is 18.3 Å². The number of unbranched alkanes of at least 4 members (excludes halogenated alkanes) is 3. The van der Waals surface area contributed by atoms with Crippen LogP contribution in [0.15, 0.2) is 28.9 Å². The summed E-state index contributed by atoms with van der Waals surface area (Å²) in [6.07, 6.45) is 7.87. The molecular weight excluding hydrogens is 290 g/mol. The number of aldehydes is 1. The molecule has 96 valence electrons. The van der Waals surface area contributed by atoms with Crippen LogP contribution in [0.5, 0.6) is 0 Å². The first-order valence-electron chi connectivity index (χ1n) is 6.50. The summed E-state index contributed by atoms with van der Waals surface area (Å²) in [5, 5.41) is 1.04. The van der Waals surface area contributed by atoms with Gasteiger partial charge in [-0.1, -0.05) is 42.1 Å². The molecule has 0 saturated heterocycles. The SMILES string of the molecule is CCCCCCn1cc(C=O)c2cc(Br)ccc21. The van der Waals surface area contributed by atoms with Crippen LogP contribution in [0.25, 0.3) is 10.9 Å². The molecular formula is C15H18BrNO. The third-order valence-corrected chi connectivity index (χ3v) is 3.75. The highest BCUT2D eigenvalue weighted by molar-refractivity contribution is 9.10. The Morgan fingerprint density at radius 1 is 1.28 bits per heavy atom. The van der Waals surface area contributed by atoms with Crippen molar-refractivity contribution in [2.45, 2.75) is 39.2 Å². The molecule has 0 aliphatic rings. The van der Waals surface area contributed by atoms with Crippen molar-refractivity contribution in [2.75, 3.05) is 0 Å². The average molecular weight is 308 g/mol. The van der Waals surface area contributed by atoms with Gasteiger partial charge in [-0.3, -0.25) is 4.79 Å². The summed E-state index contributed by atoms with van der Waals surface area (Å²) in [7, 11) is 0. The molecule has 0 saturated carbocycles. The van der Waals surface area contributed by atoms with Crippen molar-refractivity contribution >= 4 is 33.1 Å². The Balaban J connectivity index is 2.25. The molecule has 2 aromatic rings. The number of aryl methyl sites for hydroxylation is 1. The van der Waals surface area contributed by atoms with E-state index in [1.54, 1.807) is 0 Å². The Kier molecular flexibility index (Phi) is 4.59. The fourth-order valence-electron chi connectivity index (χ4n) is 2.28. The van der Waals surface area contributed by atoms with Gasteiger partial charge in [0.2, 0.25) is 0 Å².